The van der Waals surface area contributed by atoms with Crippen LogP contribution in [-0.4, -0.2) is 45.2 Å². The van der Waals surface area contributed by atoms with Gasteiger partial charge in [-0.3, -0.25) is 9.48 Å². The van der Waals surface area contributed by atoms with E-state index in [9.17, 15) is 4.79 Å². The summed E-state index contributed by atoms with van der Waals surface area (Å²) in [4.78, 5) is 19.4. The highest BCUT2D eigenvalue weighted by atomic mass is 32.1. The molecule has 2 aromatic heterocycles. The molecule has 1 aliphatic rings. The number of carbonyl (C=O) groups is 1. The maximum atomic E-state index is 12.9. The van der Waals surface area contributed by atoms with Gasteiger partial charge in [-0.15, -0.1) is 11.3 Å². The summed E-state index contributed by atoms with van der Waals surface area (Å²) in [5.41, 5.74) is 8.66. The Morgan fingerprint density at radius 3 is 2.81 bits per heavy atom. The predicted molar refractivity (Wildman–Crippen MR) is 102 cm³/mol. The third-order valence-corrected chi connectivity index (χ3v) is 5.83. The van der Waals surface area contributed by atoms with Crippen LogP contribution in [0.1, 0.15) is 22.0 Å². The van der Waals surface area contributed by atoms with Crippen LogP contribution < -0.4 is 5.73 Å². The molecule has 1 saturated heterocycles. The lowest BCUT2D eigenvalue weighted by Gasteiger charge is -2.16. The molecule has 3 heterocycles. The Morgan fingerprint density at radius 1 is 1.31 bits per heavy atom. The molecule has 0 bridgehead atoms. The zero-order valence-corrected chi connectivity index (χ0v) is 15.4. The number of amides is 1. The van der Waals surface area contributed by atoms with E-state index in [4.69, 9.17) is 5.73 Å². The Kier molecular flexibility index (Phi) is 4.57. The van der Waals surface area contributed by atoms with Crippen molar-refractivity contribution in [2.45, 2.75) is 5.92 Å². The first kappa shape index (κ1) is 16.9. The van der Waals surface area contributed by atoms with Crippen molar-refractivity contribution in [2.24, 2.45) is 18.7 Å². The van der Waals surface area contributed by atoms with Gasteiger partial charge in [0, 0.05) is 43.2 Å². The number of nitrogens with two attached hydrogens (primary N) is 1. The van der Waals surface area contributed by atoms with Crippen LogP contribution in [-0.2, 0) is 7.05 Å². The number of hydrogen-bond donors (Lipinski definition) is 1. The molecule has 0 aliphatic carbocycles. The molecule has 7 heteroatoms. The van der Waals surface area contributed by atoms with Gasteiger partial charge in [0.25, 0.3) is 5.91 Å². The topological polar surface area (TPSA) is 77.0 Å². The fraction of sp³-hybridized carbons (Fsp3) is 0.316. The Morgan fingerprint density at radius 2 is 2.12 bits per heavy atom. The molecule has 0 spiro atoms. The maximum absolute atomic E-state index is 12.9. The average molecular weight is 367 g/mol. The van der Waals surface area contributed by atoms with Crippen LogP contribution in [0.15, 0.2) is 48.1 Å². The van der Waals surface area contributed by atoms with Crippen LogP contribution in [0, 0.1) is 5.92 Å². The highest BCUT2D eigenvalue weighted by molar-refractivity contribution is 7.13. The number of aryl methyl sites for hydroxylation is 1. The lowest BCUT2D eigenvalue weighted by atomic mass is 9.89. The molecule has 1 amide bonds. The Labute approximate surface area is 156 Å². The number of aromatic nitrogens is 3. The molecule has 0 saturated carbocycles. The number of hydrogen-bond acceptors (Lipinski definition) is 5. The molecule has 6 nitrogen and oxygen atoms in total. The first-order valence-electron chi connectivity index (χ1n) is 8.64. The van der Waals surface area contributed by atoms with E-state index in [0.717, 1.165) is 10.6 Å². The molecule has 1 aromatic carbocycles. The van der Waals surface area contributed by atoms with E-state index in [1.165, 1.54) is 16.9 Å². The van der Waals surface area contributed by atoms with Gasteiger partial charge >= 0.3 is 0 Å². The largest absolute Gasteiger partial charge is 0.336 e. The van der Waals surface area contributed by atoms with Crippen molar-refractivity contribution in [3.63, 3.8) is 0 Å². The SMILES string of the molecule is Cn1cc(-c2nc(C(=O)N3C[C@@H](CN)[C@H](c4ccccc4)C3)cs2)cn1. The summed E-state index contributed by atoms with van der Waals surface area (Å²) in [5.74, 6) is 0.535. The van der Waals surface area contributed by atoms with Gasteiger partial charge in [-0.25, -0.2) is 4.98 Å². The number of benzene rings is 1. The van der Waals surface area contributed by atoms with Crippen molar-refractivity contribution in [2.75, 3.05) is 19.6 Å². The van der Waals surface area contributed by atoms with E-state index in [2.05, 4.69) is 22.2 Å². The molecule has 26 heavy (non-hydrogen) atoms. The van der Waals surface area contributed by atoms with E-state index < -0.39 is 0 Å². The summed E-state index contributed by atoms with van der Waals surface area (Å²) in [5, 5.41) is 6.81. The zero-order valence-electron chi connectivity index (χ0n) is 14.6. The molecule has 0 unspecified atom stereocenters. The summed E-state index contributed by atoms with van der Waals surface area (Å²) in [7, 11) is 1.87. The highest BCUT2D eigenvalue weighted by Crippen LogP contribution is 2.33. The summed E-state index contributed by atoms with van der Waals surface area (Å²) < 4.78 is 1.73. The van der Waals surface area contributed by atoms with Gasteiger partial charge in [0.15, 0.2) is 0 Å². The Balaban J connectivity index is 1.53. The van der Waals surface area contributed by atoms with Crippen LogP contribution in [0.25, 0.3) is 10.6 Å². The van der Waals surface area contributed by atoms with Crippen LogP contribution in [0.5, 0.6) is 0 Å². The third kappa shape index (κ3) is 3.15. The lowest BCUT2D eigenvalue weighted by molar-refractivity contribution is 0.0781. The van der Waals surface area contributed by atoms with Crippen molar-refractivity contribution in [1.29, 1.82) is 0 Å². The minimum absolute atomic E-state index is 0.0201. The van der Waals surface area contributed by atoms with E-state index in [-0.39, 0.29) is 17.7 Å². The number of carbonyl (C=O) groups excluding carboxylic acids is 1. The average Bonchev–Trinajstić information content (AvgIpc) is 3.40. The zero-order chi connectivity index (χ0) is 18.1. The van der Waals surface area contributed by atoms with Crippen LogP contribution in [0.4, 0.5) is 0 Å². The van der Waals surface area contributed by atoms with Crippen molar-refractivity contribution >= 4 is 17.2 Å². The quantitative estimate of drug-likeness (QED) is 0.768. The molecule has 1 aliphatic heterocycles. The van der Waals surface area contributed by atoms with Gasteiger partial charge in [-0.05, 0) is 18.0 Å². The van der Waals surface area contributed by atoms with Crippen LogP contribution >= 0.6 is 11.3 Å². The lowest BCUT2D eigenvalue weighted by Crippen LogP contribution is -2.30. The summed E-state index contributed by atoms with van der Waals surface area (Å²) in [6.45, 7) is 1.93. The smallest absolute Gasteiger partial charge is 0.273 e. The standard InChI is InChI=1S/C19H21N5OS/c1-23-9-15(8-21-23)18-22-17(12-26-18)19(25)24-10-14(7-20)16(11-24)13-5-3-2-4-6-13/h2-6,8-9,12,14,16H,7,10-11,20H2,1H3/t14-,16+/m1/s1. The van der Waals surface area contributed by atoms with Gasteiger partial charge in [-0.2, -0.15) is 5.10 Å². The second kappa shape index (κ2) is 7.01. The van der Waals surface area contributed by atoms with E-state index >= 15 is 0 Å². The summed E-state index contributed by atoms with van der Waals surface area (Å²) in [6.07, 6.45) is 3.66. The van der Waals surface area contributed by atoms with Crippen LogP contribution in [0.3, 0.4) is 0 Å². The summed E-state index contributed by atoms with van der Waals surface area (Å²) >= 11 is 1.47. The van der Waals surface area contributed by atoms with Crippen molar-refractivity contribution < 1.29 is 4.79 Å². The Hall–Kier alpha value is -2.51. The number of thiazole rings is 1. The molecule has 1 fully saturated rings. The second-order valence-corrected chi connectivity index (χ2v) is 7.52. The molecule has 2 atom stereocenters. The first-order valence-corrected chi connectivity index (χ1v) is 9.52. The third-order valence-electron chi connectivity index (χ3n) is 4.93. The fourth-order valence-corrected chi connectivity index (χ4v) is 4.32. The number of rotatable bonds is 4. The monoisotopic (exact) mass is 367 g/mol. The van der Waals surface area contributed by atoms with E-state index in [1.807, 2.05) is 41.7 Å². The van der Waals surface area contributed by atoms with Crippen molar-refractivity contribution in [3.8, 4) is 10.6 Å². The van der Waals surface area contributed by atoms with Crippen molar-refractivity contribution in [1.82, 2.24) is 19.7 Å². The van der Waals surface area contributed by atoms with E-state index in [0.29, 0.717) is 25.3 Å². The minimum Gasteiger partial charge on any atom is -0.336 e. The van der Waals surface area contributed by atoms with Gasteiger partial charge in [0.1, 0.15) is 10.7 Å². The molecule has 0 radical (unpaired) electrons. The minimum atomic E-state index is -0.0201. The molecular formula is C19H21N5OS. The van der Waals surface area contributed by atoms with Gasteiger partial charge in [0.2, 0.25) is 0 Å². The van der Waals surface area contributed by atoms with Crippen molar-refractivity contribution in [3.05, 3.63) is 59.4 Å². The fourth-order valence-electron chi connectivity index (χ4n) is 3.55. The van der Waals surface area contributed by atoms with E-state index in [1.54, 1.807) is 10.9 Å². The van der Waals surface area contributed by atoms with Gasteiger partial charge in [0.05, 0.1) is 6.20 Å². The van der Waals surface area contributed by atoms with Crippen LogP contribution in [0.2, 0.25) is 0 Å². The summed E-state index contributed by atoms with van der Waals surface area (Å²) in [6, 6.07) is 10.3. The van der Waals surface area contributed by atoms with Gasteiger partial charge < -0.3 is 10.6 Å². The highest BCUT2D eigenvalue weighted by Gasteiger charge is 2.36. The first-order chi connectivity index (χ1) is 12.7. The molecule has 2 N–H and O–H groups in total. The molecule has 3 aromatic rings. The molecule has 134 valence electrons. The maximum Gasteiger partial charge on any atom is 0.273 e. The number of likely N-dealkylation sites (tertiary alicyclic amines) is 1. The molecular weight excluding hydrogens is 346 g/mol. The number of nitrogens with zero attached hydrogens (tertiary/aromatic N) is 4. The second-order valence-electron chi connectivity index (χ2n) is 6.66. The molecule has 4 rings (SSSR count). The normalized spacial score (nSPS) is 19.8. The Bertz CT molecular complexity index is 904. The predicted octanol–water partition coefficient (Wildman–Crippen LogP) is 2.36. The van der Waals surface area contributed by atoms with Gasteiger partial charge in [-0.1, -0.05) is 30.3 Å².